The van der Waals surface area contributed by atoms with Crippen LogP contribution >= 0.6 is 11.8 Å². The second kappa shape index (κ2) is 9.51. The van der Waals surface area contributed by atoms with E-state index in [1.165, 1.54) is 16.4 Å². The molecule has 11 heteroatoms. The number of fused-ring (bicyclic) bond motifs is 1. The van der Waals surface area contributed by atoms with E-state index in [2.05, 4.69) is 15.0 Å². The van der Waals surface area contributed by atoms with Gasteiger partial charge in [0.25, 0.3) is 5.91 Å². The Morgan fingerprint density at radius 1 is 1.24 bits per heavy atom. The summed E-state index contributed by atoms with van der Waals surface area (Å²) in [5.74, 6) is 1.50. The number of methoxy groups -OCH3 is 1. The van der Waals surface area contributed by atoms with E-state index in [1.54, 1.807) is 37.3 Å². The molecular weight excluding hydrogens is 458 g/mol. The third-order valence-corrected chi connectivity index (χ3v) is 7.15. The zero-order chi connectivity index (χ0) is 23.7. The maximum atomic E-state index is 13.5. The molecule has 10 nitrogen and oxygen atoms in total. The molecule has 178 valence electrons. The van der Waals surface area contributed by atoms with Crippen LogP contribution in [0.1, 0.15) is 23.3 Å². The molecule has 0 spiro atoms. The maximum absolute atomic E-state index is 13.5. The predicted molar refractivity (Wildman–Crippen MR) is 124 cm³/mol. The Labute approximate surface area is 200 Å². The van der Waals surface area contributed by atoms with Crippen molar-refractivity contribution >= 4 is 23.8 Å². The number of aromatic nitrogens is 3. The Morgan fingerprint density at radius 2 is 2.06 bits per heavy atom. The van der Waals surface area contributed by atoms with Crippen molar-refractivity contribution < 1.29 is 23.5 Å². The minimum atomic E-state index is -0.443. The van der Waals surface area contributed by atoms with Crippen LogP contribution in [-0.4, -0.2) is 81.7 Å². The summed E-state index contributed by atoms with van der Waals surface area (Å²) < 4.78 is 17.3. The van der Waals surface area contributed by atoms with Crippen molar-refractivity contribution in [3.63, 3.8) is 0 Å². The zero-order valence-electron chi connectivity index (χ0n) is 18.9. The van der Waals surface area contributed by atoms with Gasteiger partial charge in [-0.05, 0) is 36.8 Å². The molecule has 1 aromatic carbocycles. The minimum Gasteiger partial charge on any atom is -0.497 e. The average molecular weight is 484 g/mol. The van der Waals surface area contributed by atoms with Crippen molar-refractivity contribution in [1.29, 1.82) is 0 Å². The molecule has 2 aliphatic heterocycles. The van der Waals surface area contributed by atoms with Crippen LogP contribution in [0.4, 0.5) is 4.79 Å². The molecule has 1 fully saturated rings. The van der Waals surface area contributed by atoms with Gasteiger partial charge in [0.1, 0.15) is 11.0 Å². The predicted octanol–water partition coefficient (Wildman–Crippen LogP) is 3.18. The van der Waals surface area contributed by atoms with Gasteiger partial charge in [0.2, 0.25) is 5.82 Å². The molecule has 4 heterocycles. The van der Waals surface area contributed by atoms with Crippen LogP contribution in [0, 0.1) is 0 Å². The van der Waals surface area contributed by atoms with E-state index in [1.807, 2.05) is 24.3 Å². The molecule has 0 aliphatic carbocycles. The average Bonchev–Trinajstić information content (AvgIpc) is 3.59. The van der Waals surface area contributed by atoms with Crippen LogP contribution in [0.5, 0.6) is 5.75 Å². The number of carbonyl (C=O) groups is 2. The highest BCUT2D eigenvalue weighted by Crippen LogP contribution is 2.42. The Hall–Kier alpha value is -3.31. The number of thioether (sulfide) groups is 1. The molecule has 2 atom stereocenters. The number of nitrogens with zero attached hydrogens (tertiary/aromatic N) is 5. The van der Waals surface area contributed by atoms with E-state index >= 15 is 0 Å². The summed E-state index contributed by atoms with van der Waals surface area (Å²) in [6.07, 6.45) is 1.25. The van der Waals surface area contributed by atoms with Gasteiger partial charge in [0.15, 0.2) is 10.9 Å². The van der Waals surface area contributed by atoms with Crippen LogP contribution in [0.3, 0.4) is 0 Å². The highest BCUT2D eigenvalue weighted by Gasteiger charge is 2.44. The number of benzene rings is 1. The molecule has 34 heavy (non-hydrogen) atoms. The van der Waals surface area contributed by atoms with Crippen molar-refractivity contribution in [2.24, 2.45) is 0 Å². The minimum absolute atomic E-state index is 0.133. The number of furan rings is 1. The standard InChI is InChI=1S/C23H25N5O5S/c1-3-32-23(30)27-11-9-26(10-12-27)18(15-6-4-7-16(14-15)31-2)19-21(29)28-22(34-19)24-20(25-28)17-8-5-13-33-17/h4-8,13-14,18-19H,3,9-12H2,1-2H3. The zero-order valence-corrected chi connectivity index (χ0v) is 19.7. The Kier molecular flexibility index (Phi) is 6.29. The van der Waals surface area contributed by atoms with E-state index in [4.69, 9.17) is 13.9 Å². The quantitative estimate of drug-likeness (QED) is 0.523. The van der Waals surface area contributed by atoms with E-state index in [-0.39, 0.29) is 18.0 Å². The SMILES string of the molecule is CCOC(=O)N1CCN(C(c2cccc(OC)c2)C2Sc3nc(-c4ccco4)nn3C2=O)CC1. The lowest BCUT2D eigenvalue weighted by molar-refractivity contribution is 0.0600. The summed E-state index contributed by atoms with van der Waals surface area (Å²) in [5, 5.41) is 4.50. The summed E-state index contributed by atoms with van der Waals surface area (Å²) in [6, 6.07) is 11.0. The first-order chi connectivity index (χ1) is 16.6. The van der Waals surface area contributed by atoms with Crippen LogP contribution < -0.4 is 4.74 Å². The monoisotopic (exact) mass is 483 g/mol. The Balaban J connectivity index is 1.41. The van der Waals surface area contributed by atoms with Crippen molar-refractivity contribution in [2.45, 2.75) is 23.4 Å². The van der Waals surface area contributed by atoms with Crippen LogP contribution in [0.2, 0.25) is 0 Å². The molecular formula is C23H25N5O5S. The third kappa shape index (κ3) is 4.16. The van der Waals surface area contributed by atoms with Crippen molar-refractivity contribution in [2.75, 3.05) is 39.9 Å². The van der Waals surface area contributed by atoms with E-state index in [0.29, 0.717) is 49.5 Å². The first kappa shape index (κ1) is 22.5. The van der Waals surface area contributed by atoms with Gasteiger partial charge < -0.3 is 18.8 Å². The van der Waals surface area contributed by atoms with Gasteiger partial charge in [-0.1, -0.05) is 23.9 Å². The summed E-state index contributed by atoms with van der Waals surface area (Å²) >= 11 is 1.40. The van der Waals surface area contributed by atoms with E-state index in [0.717, 1.165) is 11.3 Å². The van der Waals surface area contributed by atoms with Gasteiger partial charge in [-0.3, -0.25) is 9.69 Å². The van der Waals surface area contributed by atoms with Gasteiger partial charge in [-0.15, -0.1) is 5.10 Å². The highest BCUT2D eigenvalue weighted by molar-refractivity contribution is 8.00. The summed E-state index contributed by atoms with van der Waals surface area (Å²) in [6.45, 7) is 4.41. The number of carbonyl (C=O) groups excluding carboxylic acids is 2. The number of hydrogen-bond acceptors (Lipinski definition) is 9. The fraction of sp³-hybridized carbons (Fsp3) is 0.391. The van der Waals surface area contributed by atoms with Gasteiger partial charge in [-0.25, -0.2) is 4.79 Å². The first-order valence-electron chi connectivity index (χ1n) is 11.1. The third-order valence-electron chi connectivity index (χ3n) is 5.96. The lowest BCUT2D eigenvalue weighted by Gasteiger charge is -2.40. The second-order valence-electron chi connectivity index (χ2n) is 7.93. The van der Waals surface area contributed by atoms with Crippen LogP contribution in [-0.2, 0) is 4.74 Å². The number of piperazine rings is 1. The number of rotatable bonds is 6. The van der Waals surface area contributed by atoms with Crippen molar-refractivity contribution in [3.8, 4) is 17.3 Å². The second-order valence-corrected chi connectivity index (χ2v) is 9.04. The number of hydrogen-bond donors (Lipinski definition) is 0. The smallest absolute Gasteiger partial charge is 0.409 e. The van der Waals surface area contributed by atoms with E-state index in [9.17, 15) is 9.59 Å². The summed E-state index contributed by atoms with van der Waals surface area (Å²) in [5.41, 5.74) is 0.965. The lowest BCUT2D eigenvalue weighted by Crippen LogP contribution is -2.52. The topological polar surface area (TPSA) is 103 Å². The van der Waals surface area contributed by atoms with Gasteiger partial charge in [-0.2, -0.15) is 9.67 Å². The highest BCUT2D eigenvalue weighted by atomic mass is 32.2. The molecule has 0 radical (unpaired) electrons. The molecule has 1 amide bonds. The van der Waals surface area contributed by atoms with Gasteiger partial charge >= 0.3 is 6.09 Å². The fourth-order valence-electron chi connectivity index (χ4n) is 4.31. The fourth-order valence-corrected chi connectivity index (χ4v) is 5.57. The van der Waals surface area contributed by atoms with Gasteiger partial charge in [0, 0.05) is 26.2 Å². The number of ether oxygens (including phenoxy) is 2. The molecule has 0 bridgehead atoms. The summed E-state index contributed by atoms with van der Waals surface area (Å²) in [7, 11) is 1.62. The molecule has 5 rings (SSSR count). The molecule has 2 unspecified atom stereocenters. The molecule has 2 aromatic heterocycles. The van der Waals surface area contributed by atoms with Crippen LogP contribution in [0.25, 0.3) is 11.6 Å². The Morgan fingerprint density at radius 3 is 2.74 bits per heavy atom. The molecule has 2 aliphatic rings. The van der Waals surface area contributed by atoms with Crippen molar-refractivity contribution in [3.05, 3.63) is 48.2 Å². The molecule has 0 N–H and O–H groups in total. The molecule has 0 saturated carbocycles. The maximum Gasteiger partial charge on any atom is 0.409 e. The molecule has 3 aromatic rings. The van der Waals surface area contributed by atoms with Crippen LogP contribution in [0.15, 0.2) is 52.2 Å². The van der Waals surface area contributed by atoms with Gasteiger partial charge in [0.05, 0.1) is 26.0 Å². The normalized spacial score (nSPS) is 19.2. The largest absolute Gasteiger partial charge is 0.497 e. The summed E-state index contributed by atoms with van der Waals surface area (Å²) in [4.78, 5) is 34.1. The first-order valence-corrected chi connectivity index (χ1v) is 12.0. The Bertz CT molecular complexity index is 1170. The molecule has 1 saturated heterocycles. The van der Waals surface area contributed by atoms with Crippen molar-refractivity contribution in [1.82, 2.24) is 24.6 Å². The lowest BCUT2D eigenvalue weighted by atomic mass is 9.99. The number of amides is 1. The van der Waals surface area contributed by atoms with E-state index < -0.39 is 5.25 Å².